The molecule has 120 valence electrons. The van der Waals surface area contributed by atoms with E-state index >= 15 is 0 Å². The number of nitrogens with zero attached hydrogens (tertiary/aromatic N) is 4. The standard InChI is InChI=1S/C15H22N4.CH2O2/c1-11-12(4-15(5-16)18(11)3)8-19-9-13-6-17(2)7-14(13)10-19;2-1-3/h4,13-14H,6-10H2,1-3H3;1H,(H,2,3)/t13-,14+;. The van der Waals surface area contributed by atoms with Gasteiger partial charge in [-0.1, -0.05) is 0 Å². The summed E-state index contributed by atoms with van der Waals surface area (Å²) in [6.07, 6.45) is 0. The molecule has 0 unspecified atom stereocenters. The lowest BCUT2D eigenvalue weighted by atomic mass is 10.0. The summed E-state index contributed by atoms with van der Waals surface area (Å²) < 4.78 is 2.00. The average molecular weight is 304 g/mol. The summed E-state index contributed by atoms with van der Waals surface area (Å²) in [5.41, 5.74) is 3.31. The highest BCUT2D eigenvalue weighted by atomic mass is 16.3. The van der Waals surface area contributed by atoms with E-state index in [1.54, 1.807) is 0 Å². The summed E-state index contributed by atoms with van der Waals surface area (Å²) in [5.74, 6) is 1.70. The molecule has 1 aromatic rings. The summed E-state index contributed by atoms with van der Waals surface area (Å²) in [7, 11) is 4.20. The zero-order chi connectivity index (χ0) is 16.3. The monoisotopic (exact) mass is 304 g/mol. The minimum atomic E-state index is -0.250. The van der Waals surface area contributed by atoms with E-state index in [1.807, 2.05) is 11.6 Å². The van der Waals surface area contributed by atoms with Gasteiger partial charge in [0.25, 0.3) is 6.47 Å². The molecule has 2 atom stereocenters. The van der Waals surface area contributed by atoms with Crippen molar-refractivity contribution in [3.05, 3.63) is 23.0 Å². The number of rotatable bonds is 2. The van der Waals surface area contributed by atoms with Gasteiger partial charge in [0, 0.05) is 45.5 Å². The van der Waals surface area contributed by atoms with Crippen LogP contribution in [0.1, 0.15) is 17.0 Å². The molecule has 6 heteroatoms. The van der Waals surface area contributed by atoms with Crippen LogP contribution in [-0.2, 0) is 18.4 Å². The van der Waals surface area contributed by atoms with Crippen LogP contribution in [0.5, 0.6) is 0 Å². The highest BCUT2D eigenvalue weighted by Crippen LogP contribution is 2.31. The predicted octanol–water partition coefficient (Wildman–Crippen LogP) is 0.899. The van der Waals surface area contributed by atoms with Crippen LogP contribution in [0.3, 0.4) is 0 Å². The second kappa shape index (κ2) is 6.95. The number of carbonyl (C=O) groups is 1. The maximum Gasteiger partial charge on any atom is 0.290 e. The Morgan fingerprint density at radius 3 is 2.32 bits per heavy atom. The molecule has 1 N–H and O–H groups in total. The van der Waals surface area contributed by atoms with Crippen LogP contribution in [-0.4, -0.2) is 59.2 Å². The Kier molecular flexibility index (Phi) is 5.22. The Balaban J connectivity index is 0.000000545. The largest absolute Gasteiger partial charge is 0.483 e. The molecule has 2 aliphatic rings. The van der Waals surface area contributed by atoms with E-state index in [0.29, 0.717) is 0 Å². The van der Waals surface area contributed by atoms with Gasteiger partial charge < -0.3 is 14.6 Å². The number of carboxylic acid groups (broad SMARTS) is 1. The van der Waals surface area contributed by atoms with Gasteiger partial charge in [-0.2, -0.15) is 5.26 Å². The van der Waals surface area contributed by atoms with E-state index in [2.05, 4.69) is 35.9 Å². The zero-order valence-corrected chi connectivity index (χ0v) is 13.5. The third kappa shape index (κ3) is 3.32. The predicted molar refractivity (Wildman–Crippen MR) is 83.3 cm³/mol. The molecule has 1 aromatic heterocycles. The fraction of sp³-hybridized carbons (Fsp3) is 0.625. The molecule has 0 saturated carbocycles. The van der Waals surface area contributed by atoms with E-state index in [-0.39, 0.29) is 6.47 Å². The lowest BCUT2D eigenvalue weighted by Crippen LogP contribution is -2.26. The Morgan fingerprint density at radius 2 is 1.86 bits per heavy atom. The minimum Gasteiger partial charge on any atom is -0.483 e. The summed E-state index contributed by atoms with van der Waals surface area (Å²) >= 11 is 0. The van der Waals surface area contributed by atoms with E-state index in [9.17, 15) is 0 Å². The van der Waals surface area contributed by atoms with E-state index in [1.165, 1.54) is 37.4 Å². The van der Waals surface area contributed by atoms with Gasteiger partial charge >= 0.3 is 0 Å². The third-order valence-corrected chi connectivity index (χ3v) is 4.89. The second-order valence-corrected chi connectivity index (χ2v) is 6.35. The molecule has 2 aliphatic heterocycles. The van der Waals surface area contributed by atoms with Gasteiger partial charge in [-0.3, -0.25) is 9.69 Å². The molecule has 0 aliphatic carbocycles. The first-order chi connectivity index (χ1) is 10.5. The van der Waals surface area contributed by atoms with Crippen LogP contribution in [0.4, 0.5) is 0 Å². The minimum absolute atomic E-state index is 0.250. The third-order valence-electron chi connectivity index (χ3n) is 4.89. The molecule has 0 aromatic carbocycles. The van der Waals surface area contributed by atoms with Crippen LogP contribution in [0.2, 0.25) is 0 Å². The molecule has 3 rings (SSSR count). The van der Waals surface area contributed by atoms with Crippen molar-refractivity contribution >= 4 is 6.47 Å². The molecule has 2 saturated heterocycles. The Morgan fingerprint density at radius 1 is 1.32 bits per heavy atom. The Labute approximate surface area is 131 Å². The number of hydrogen-bond donors (Lipinski definition) is 1. The first-order valence-corrected chi connectivity index (χ1v) is 7.54. The molecular formula is C16H24N4O2. The van der Waals surface area contributed by atoms with E-state index in [0.717, 1.165) is 24.1 Å². The fourth-order valence-corrected chi connectivity index (χ4v) is 3.72. The zero-order valence-electron chi connectivity index (χ0n) is 13.5. The molecule has 2 fully saturated rings. The van der Waals surface area contributed by atoms with Crippen molar-refractivity contribution in [2.24, 2.45) is 18.9 Å². The second-order valence-electron chi connectivity index (χ2n) is 6.35. The topological polar surface area (TPSA) is 72.5 Å². The van der Waals surface area contributed by atoms with Gasteiger partial charge in [-0.15, -0.1) is 0 Å². The first-order valence-electron chi connectivity index (χ1n) is 7.54. The number of hydrogen-bond acceptors (Lipinski definition) is 4. The Hall–Kier alpha value is -1.84. The highest BCUT2D eigenvalue weighted by Gasteiger charge is 2.38. The van der Waals surface area contributed by atoms with Gasteiger partial charge in [-0.05, 0) is 37.4 Å². The molecule has 0 spiro atoms. The van der Waals surface area contributed by atoms with Gasteiger partial charge in [0.15, 0.2) is 0 Å². The molecule has 22 heavy (non-hydrogen) atoms. The summed E-state index contributed by atoms with van der Waals surface area (Å²) in [5, 5.41) is 16.0. The van der Waals surface area contributed by atoms with Gasteiger partial charge in [0.2, 0.25) is 0 Å². The average Bonchev–Trinajstić information content (AvgIpc) is 3.06. The lowest BCUT2D eigenvalue weighted by Gasteiger charge is -2.18. The van der Waals surface area contributed by atoms with Gasteiger partial charge in [-0.25, -0.2) is 0 Å². The summed E-state index contributed by atoms with van der Waals surface area (Å²) in [4.78, 5) is 13.4. The molecule has 0 bridgehead atoms. The van der Waals surface area contributed by atoms with Crippen LogP contribution in [0, 0.1) is 30.1 Å². The summed E-state index contributed by atoms with van der Waals surface area (Å²) in [6, 6.07) is 4.32. The van der Waals surface area contributed by atoms with Crippen molar-refractivity contribution in [2.75, 3.05) is 33.2 Å². The fourth-order valence-electron chi connectivity index (χ4n) is 3.72. The quantitative estimate of drug-likeness (QED) is 0.822. The van der Waals surface area contributed by atoms with Crippen LogP contribution in [0.25, 0.3) is 0 Å². The maximum absolute atomic E-state index is 9.09. The normalized spacial score (nSPS) is 24.5. The van der Waals surface area contributed by atoms with Crippen LogP contribution in [0.15, 0.2) is 6.07 Å². The Bertz CT molecular complexity index is 561. The van der Waals surface area contributed by atoms with Crippen molar-refractivity contribution in [1.82, 2.24) is 14.4 Å². The number of likely N-dealkylation sites (tertiary alicyclic amines) is 2. The van der Waals surface area contributed by atoms with Crippen molar-refractivity contribution in [3.63, 3.8) is 0 Å². The van der Waals surface area contributed by atoms with Gasteiger partial charge in [0.1, 0.15) is 11.8 Å². The number of nitriles is 1. The summed E-state index contributed by atoms with van der Waals surface area (Å²) in [6.45, 7) is 7.78. The highest BCUT2D eigenvalue weighted by molar-refractivity contribution is 5.34. The van der Waals surface area contributed by atoms with Gasteiger partial charge in [0.05, 0.1) is 0 Å². The van der Waals surface area contributed by atoms with Crippen molar-refractivity contribution in [3.8, 4) is 6.07 Å². The van der Waals surface area contributed by atoms with E-state index < -0.39 is 0 Å². The van der Waals surface area contributed by atoms with E-state index in [4.69, 9.17) is 15.2 Å². The van der Waals surface area contributed by atoms with Crippen LogP contribution >= 0.6 is 0 Å². The number of aromatic nitrogens is 1. The molecule has 3 heterocycles. The van der Waals surface area contributed by atoms with Crippen molar-refractivity contribution < 1.29 is 9.90 Å². The maximum atomic E-state index is 9.09. The first kappa shape index (κ1) is 16.5. The molecular weight excluding hydrogens is 280 g/mol. The van der Waals surface area contributed by atoms with Crippen molar-refractivity contribution in [1.29, 1.82) is 5.26 Å². The molecule has 6 nitrogen and oxygen atoms in total. The SMILES string of the molecule is Cc1c(CN2C[C@H]3CN(C)C[C@H]3C2)cc(C#N)n1C.O=CO. The smallest absolute Gasteiger partial charge is 0.290 e. The molecule has 0 radical (unpaired) electrons. The van der Waals surface area contributed by atoms with Crippen molar-refractivity contribution in [2.45, 2.75) is 13.5 Å². The number of fused-ring (bicyclic) bond motifs is 1. The van der Waals surface area contributed by atoms with Crippen LogP contribution < -0.4 is 0 Å². The lowest BCUT2D eigenvalue weighted by molar-refractivity contribution is -0.122. The molecule has 0 amide bonds.